The maximum atomic E-state index is 6.25. The molecule has 0 aromatic heterocycles. The first kappa shape index (κ1) is 14.1. The van der Waals surface area contributed by atoms with Crippen molar-refractivity contribution in [3.05, 3.63) is 35.4 Å². The quantitative estimate of drug-likeness (QED) is 0.915. The third-order valence-corrected chi connectivity index (χ3v) is 5.13. The number of hydrogen-bond acceptors (Lipinski definition) is 3. The molecule has 3 nitrogen and oxygen atoms in total. The van der Waals surface area contributed by atoms with Gasteiger partial charge in [-0.1, -0.05) is 24.3 Å². The fourth-order valence-corrected chi connectivity index (χ4v) is 3.93. The molecule has 1 fully saturated rings. The normalized spacial score (nSPS) is 29.6. The lowest BCUT2D eigenvalue weighted by Crippen LogP contribution is -2.53. The highest BCUT2D eigenvalue weighted by Crippen LogP contribution is 2.39. The number of aryl methyl sites for hydroxylation is 1. The van der Waals surface area contributed by atoms with Crippen LogP contribution in [0.4, 0.5) is 0 Å². The molecule has 3 rings (SSSR count). The molecule has 0 bridgehead atoms. The summed E-state index contributed by atoms with van der Waals surface area (Å²) in [6.45, 7) is 2.60. The lowest BCUT2D eigenvalue weighted by Gasteiger charge is -2.46. The van der Waals surface area contributed by atoms with E-state index in [1.807, 2.05) is 0 Å². The number of likely N-dealkylation sites (N-methyl/N-ethyl adjacent to an activating group) is 1. The van der Waals surface area contributed by atoms with Crippen LogP contribution in [0, 0.1) is 0 Å². The third-order valence-electron chi connectivity index (χ3n) is 5.13. The van der Waals surface area contributed by atoms with Crippen molar-refractivity contribution in [3.63, 3.8) is 0 Å². The van der Waals surface area contributed by atoms with E-state index in [9.17, 15) is 0 Å². The summed E-state index contributed by atoms with van der Waals surface area (Å²) in [7, 11) is 2.22. The highest BCUT2D eigenvalue weighted by atomic mass is 16.5. The Hall–Kier alpha value is -0.900. The highest BCUT2D eigenvalue weighted by Gasteiger charge is 2.39. The fourth-order valence-electron chi connectivity index (χ4n) is 3.93. The smallest absolute Gasteiger partial charge is 0.0703 e. The molecule has 1 aromatic rings. The van der Waals surface area contributed by atoms with Gasteiger partial charge in [0.25, 0.3) is 0 Å². The van der Waals surface area contributed by atoms with Crippen LogP contribution in [-0.4, -0.2) is 37.7 Å². The van der Waals surface area contributed by atoms with E-state index in [4.69, 9.17) is 10.5 Å². The average molecular weight is 274 g/mol. The predicted molar refractivity (Wildman–Crippen MR) is 81.7 cm³/mol. The Labute approximate surface area is 122 Å². The molecular weight excluding hydrogens is 248 g/mol. The van der Waals surface area contributed by atoms with Crippen LogP contribution in [-0.2, 0) is 16.7 Å². The van der Waals surface area contributed by atoms with Gasteiger partial charge in [0.15, 0.2) is 0 Å². The van der Waals surface area contributed by atoms with Gasteiger partial charge in [-0.3, -0.25) is 4.90 Å². The van der Waals surface area contributed by atoms with E-state index in [0.717, 1.165) is 19.6 Å². The molecule has 3 heteroatoms. The molecule has 1 saturated heterocycles. The van der Waals surface area contributed by atoms with E-state index >= 15 is 0 Å². The van der Waals surface area contributed by atoms with Gasteiger partial charge < -0.3 is 10.5 Å². The summed E-state index contributed by atoms with van der Waals surface area (Å²) in [4.78, 5) is 2.46. The van der Waals surface area contributed by atoms with E-state index in [0.29, 0.717) is 12.6 Å². The zero-order valence-electron chi connectivity index (χ0n) is 12.5. The van der Waals surface area contributed by atoms with Crippen molar-refractivity contribution in [2.75, 3.05) is 26.7 Å². The molecular formula is C17H26N2O. The van der Waals surface area contributed by atoms with Crippen molar-refractivity contribution in [2.45, 2.75) is 43.7 Å². The largest absolute Gasteiger partial charge is 0.377 e. The number of hydrogen-bond donors (Lipinski definition) is 1. The molecule has 0 spiro atoms. The summed E-state index contributed by atoms with van der Waals surface area (Å²) in [5.41, 5.74) is 9.16. The third kappa shape index (κ3) is 2.39. The first-order valence-electron chi connectivity index (χ1n) is 7.87. The van der Waals surface area contributed by atoms with Crippen molar-refractivity contribution in [1.82, 2.24) is 4.90 Å². The van der Waals surface area contributed by atoms with Gasteiger partial charge in [-0.05, 0) is 50.3 Å². The van der Waals surface area contributed by atoms with E-state index in [2.05, 4.69) is 36.2 Å². The summed E-state index contributed by atoms with van der Waals surface area (Å²) in [6.07, 6.45) is 6.34. The second-order valence-electron chi connectivity index (χ2n) is 6.26. The maximum absolute atomic E-state index is 6.25. The minimum atomic E-state index is 0.000787. The number of rotatable bonds is 4. The molecule has 2 N–H and O–H groups in total. The lowest BCUT2D eigenvalue weighted by molar-refractivity contribution is 0.0278. The van der Waals surface area contributed by atoms with Crippen LogP contribution in [0.1, 0.15) is 36.8 Å². The second-order valence-corrected chi connectivity index (χ2v) is 6.26. The molecule has 0 radical (unpaired) electrons. The van der Waals surface area contributed by atoms with E-state index in [-0.39, 0.29) is 5.54 Å². The molecule has 1 heterocycles. The number of fused-ring (bicyclic) bond motifs is 1. The summed E-state index contributed by atoms with van der Waals surface area (Å²) in [5, 5.41) is 0. The minimum absolute atomic E-state index is 0.000787. The topological polar surface area (TPSA) is 38.5 Å². The molecule has 1 aromatic carbocycles. The molecule has 1 aliphatic carbocycles. The summed E-state index contributed by atoms with van der Waals surface area (Å²) in [5.74, 6) is 0. The van der Waals surface area contributed by atoms with Crippen molar-refractivity contribution < 1.29 is 4.74 Å². The Morgan fingerprint density at radius 2 is 2.20 bits per heavy atom. The van der Waals surface area contributed by atoms with Crippen molar-refractivity contribution in [1.29, 1.82) is 0 Å². The van der Waals surface area contributed by atoms with Crippen LogP contribution in [0.25, 0.3) is 0 Å². The Kier molecular flexibility index (Phi) is 4.11. The van der Waals surface area contributed by atoms with Crippen molar-refractivity contribution >= 4 is 0 Å². The van der Waals surface area contributed by atoms with Crippen molar-refractivity contribution in [2.24, 2.45) is 5.73 Å². The summed E-state index contributed by atoms with van der Waals surface area (Å²) >= 11 is 0. The first-order valence-corrected chi connectivity index (χ1v) is 7.87. The van der Waals surface area contributed by atoms with Gasteiger partial charge in [-0.15, -0.1) is 0 Å². The van der Waals surface area contributed by atoms with Crippen LogP contribution in [0.3, 0.4) is 0 Å². The van der Waals surface area contributed by atoms with Crippen LogP contribution in [0.5, 0.6) is 0 Å². The molecule has 2 aliphatic rings. The van der Waals surface area contributed by atoms with E-state index in [1.165, 1.54) is 36.8 Å². The maximum Gasteiger partial charge on any atom is 0.0703 e. The highest BCUT2D eigenvalue weighted by molar-refractivity contribution is 5.36. The standard InChI is InChI=1S/C17H26N2O/c1-19(12-15-8-5-11-20-15)17(13-18)10-4-7-14-6-2-3-9-16(14)17/h2-3,6,9,15H,4-5,7-8,10-13,18H2,1H3. The molecule has 0 amide bonds. The molecule has 1 aliphatic heterocycles. The van der Waals surface area contributed by atoms with E-state index < -0.39 is 0 Å². The zero-order valence-corrected chi connectivity index (χ0v) is 12.5. The van der Waals surface area contributed by atoms with Gasteiger partial charge >= 0.3 is 0 Å². The predicted octanol–water partition coefficient (Wildman–Crippen LogP) is 2.29. The molecule has 20 heavy (non-hydrogen) atoms. The lowest BCUT2D eigenvalue weighted by atomic mass is 9.75. The number of ether oxygens (including phenoxy) is 1. The fraction of sp³-hybridized carbons (Fsp3) is 0.647. The van der Waals surface area contributed by atoms with Crippen LogP contribution >= 0.6 is 0 Å². The van der Waals surface area contributed by atoms with Crippen LogP contribution in [0.2, 0.25) is 0 Å². The van der Waals surface area contributed by atoms with Gasteiger partial charge in [-0.25, -0.2) is 0 Å². The molecule has 2 atom stereocenters. The van der Waals surface area contributed by atoms with Gasteiger partial charge in [-0.2, -0.15) is 0 Å². The van der Waals surface area contributed by atoms with Crippen molar-refractivity contribution in [3.8, 4) is 0 Å². The average Bonchev–Trinajstić information content (AvgIpc) is 2.99. The Morgan fingerprint density at radius 1 is 1.35 bits per heavy atom. The first-order chi connectivity index (χ1) is 9.76. The van der Waals surface area contributed by atoms with Gasteiger partial charge in [0, 0.05) is 19.7 Å². The Morgan fingerprint density at radius 3 is 2.95 bits per heavy atom. The van der Waals surface area contributed by atoms with Gasteiger partial charge in [0.2, 0.25) is 0 Å². The molecule has 0 saturated carbocycles. The minimum Gasteiger partial charge on any atom is -0.377 e. The number of nitrogens with zero attached hydrogens (tertiary/aromatic N) is 1. The van der Waals surface area contributed by atoms with Crippen LogP contribution in [0.15, 0.2) is 24.3 Å². The summed E-state index contributed by atoms with van der Waals surface area (Å²) < 4.78 is 5.81. The van der Waals surface area contributed by atoms with Gasteiger partial charge in [0.1, 0.15) is 0 Å². The monoisotopic (exact) mass is 274 g/mol. The van der Waals surface area contributed by atoms with Crippen LogP contribution < -0.4 is 5.73 Å². The molecule has 2 unspecified atom stereocenters. The van der Waals surface area contributed by atoms with E-state index in [1.54, 1.807) is 0 Å². The molecule has 110 valence electrons. The van der Waals surface area contributed by atoms with Gasteiger partial charge in [0.05, 0.1) is 11.6 Å². The summed E-state index contributed by atoms with van der Waals surface area (Å²) in [6, 6.07) is 8.83. The number of benzene rings is 1. The Balaban J connectivity index is 1.87. The Bertz CT molecular complexity index is 456. The second kappa shape index (κ2) is 5.84. The SMILES string of the molecule is CN(CC1CCCO1)C1(CN)CCCc2ccccc21. The number of nitrogens with two attached hydrogens (primary N) is 1. The zero-order chi connectivity index (χ0) is 14.0.